The minimum Gasteiger partial charge on any atom is -0.462 e. The molecule has 2 aliphatic rings. The van der Waals surface area contributed by atoms with Crippen LogP contribution in [-0.2, 0) is 38.0 Å². The van der Waals surface area contributed by atoms with Gasteiger partial charge in [-0.15, -0.1) is 0 Å². The number of rotatable bonds is 39. The first-order valence-corrected chi connectivity index (χ1v) is 25.3. The van der Waals surface area contributed by atoms with Crippen molar-refractivity contribution >= 4 is 11.9 Å². The molecule has 15 heteroatoms. The number of allylic oxidation sites excluding steroid dienone is 2. The number of carbonyl (C=O) groups excluding carboxylic acids is 2. The Morgan fingerprint density at radius 1 is 0.484 bits per heavy atom. The molecule has 11 unspecified atom stereocenters. The summed E-state index contributed by atoms with van der Waals surface area (Å²) in [5.74, 6) is -0.933. The van der Waals surface area contributed by atoms with E-state index in [1.807, 2.05) is 0 Å². The molecule has 0 aromatic rings. The van der Waals surface area contributed by atoms with Crippen molar-refractivity contribution in [2.24, 2.45) is 0 Å². The van der Waals surface area contributed by atoms with Crippen molar-refractivity contribution < 1.29 is 73.8 Å². The molecule has 376 valence electrons. The Labute approximate surface area is 384 Å². The highest BCUT2D eigenvalue weighted by atomic mass is 16.7. The topological polar surface area (TPSA) is 231 Å². The molecule has 0 radical (unpaired) electrons. The molecule has 2 saturated heterocycles. The van der Waals surface area contributed by atoms with Gasteiger partial charge in [-0.25, -0.2) is 0 Å². The maximum atomic E-state index is 12.9. The molecule has 0 amide bonds. The summed E-state index contributed by atoms with van der Waals surface area (Å²) < 4.78 is 33.4. The van der Waals surface area contributed by atoms with Gasteiger partial charge >= 0.3 is 11.9 Å². The van der Waals surface area contributed by atoms with E-state index in [0.717, 1.165) is 44.9 Å². The molecular formula is C49H90O15. The van der Waals surface area contributed by atoms with Gasteiger partial charge in [-0.1, -0.05) is 154 Å². The van der Waals surface area contributed by atoms with E-state index in [0.29, 0.717) is 12.8 Å². The maximum Gasteiger partial charge on any atom is 0.306 e. The monoisotopic (exact) mass is 919 g/mol. The lowest BCUT2D eigenvalue weighted by atomic mass is 9.98. The van der Waals surface area contributed by atoms with Crippen LogP contribution in [0.3, 0.4) is 0 Å². The number of hydrogen-bond donors (Lipinski definition) is 7. The minimum atomic E-state index is -1.76. The van der Waals surface area contributed by atoms with Crippen molar-refractivity contribution in [3.8, 4) is 0 Å². The average Bonchev–Trinajstić information content (AvgIpc) is 3.29. The summed E-state index contributed by atoms with van der Waals surface area (Å²) >= 11 is 0. The number of aliphatic hydroxyl groups excluding tert-OH is 7. The van der Waals surface area contributed by atoms with Gasteiger partial charge in [-0.05, 0) is 38.5 Å². The predicted octanol–water partition coefficient (Wildman–Crippen LogP) is 6.60. The third-order valence-electron chi connectivity index (χ3n) is 12.2. The molecule has 64 heavy (non-hydrogen) atoms. The molecule has 0 saturated carbocycles. The van der Waals surface area contributed by atoms with E-state index >= 15 is 0 Å². The standard InChI is InChI=1S/C49H90O15/c1-3-5-7-9-10-11-12-13-14-15-16-17-18-19-20-21-22-23-24-25-26-28-30-32-41(52)62-37(34-59-40(51)31-29-27-8-6-4-2)35-60-48-47(58)45(56)43(54)39(64-48)36-61-49-46(57)44(55)42(53)38(33-50)63-49/h15-16,37-39,42-50,53-58H,3-14,17-36H2,1-2H3/b16-15-. The summed E-state index contributed by atoms with van der Waals surface area (Å²) in [6, 6.07) is 0. The molecule has 0 spiro atoms. The second-order valence-corrected chi connectivity index (χ2v) is 18.0. The van der Waals surface area contributed by atoms with Crippen LogP contribution in [0.5, 0.6) is 0 Å². The minimum absolute atomic E-state index is 0.168. The molecule has 11 atom stereocenters. The van der Waals surface area contributed by atoms with Crippen molar-refractivity contribution in [1.29, 1.82) is 0 Å². The summed E-state index contributed by atoms with van der Waals surface area (Å²) in [4.78, 5) is 25.4. The molecule has 7 N–H and O–H groups in total. The zero-order chi connectivity index (χ0) is 46.8. The van der Waals surface area contributed by atoms with E-state index < -0.39 is 92.7 Å². The van der Waals surface area contributed by atoms with Crippen LogP contribution in [0.25, 0.3) is 0 Å². The Morgan fingerprint density at radius 3 is 1.38 bits per heavy atom. The Morgan fingerprint density at radius 2 is 0.891 bits per heavy atom. The molecule has 0 aromatic carbocycles. The van der Waals surface area contributed by atoms with E-state index in [9.17, 15) is 45.3 Å². The summed E-state index contributed by atoms with van der Waals surface area (Å²) in [5.41, 5.74) is 0. The van der Waals surface area contributed by atoms with Crippen molar-refractivity contribution in [1.82, 2.24) is 0 Å². The molecule has 2 aliphatic heterocycles. The van der Waals surface area contributed by atoms with Crippen molar-refractivity contribution in [3.05, 3.63) is 12.2 Å². The van der Waals surface area contributed by atoms with Gasteiger partial charge in [-0.2, -0.15) is 0 Å². The normalized spacial score (nSPS) is 26.6. The zero-order valence-electron chi connectivity index (χ0n) is 39.5. The fourth-order valence-electron chi connectivity index (χ4n) is 8.04. The Kier molecular flexibility index (Phi) is 34.0. The molecule has 2 heterocycles. The molecule has 2 fully saturated rings. The SMILES string of the molecule is CCCCCCCCCC/C=C\CCCCCCCCCCCCCC(=O)OC(COC(=O)CCCCCCC)COC1OC(COC2OC(CO)C(O)C(O)C2O)C(O)C(O)C1O. The zero-order valence-corrected chi connectivity index (χ0v) is 39.5. The lowest BCUT2D eigenvalue weighted by Crippen LogP contribution is -2.61. The van der Waals surface area contributed by atoms with Gasteiger partial charge < -0.3 is 64.2 Å². The third-order valence-corrected chi connectivity index (χ3v) is 12.2. The number of unbranched alkanes of at least 4 members (excludes halogenated alkanes) is 23. The lowest BCUT2D eigenvalue weighted by molar-refractivity contribution is -0.332. The van der Waals surface area contributed by atoms with Crippen molar-refractivity contribution in [3.63, 3.8) is 0 Å². The summed E-state index contributed by atoms with van der Waals surface area (Å²) in [6.45, 7) is 2.50. The number of ether oxygens (including phenoxy) is 6. The van der Waals surface area contributed by atoms with E-state index in [4.69, 9.17) is 28.4 Å². The van der Waals surface area contributed by atoms with Gasteiger partial charge in [0.1, 0.15) is 55.4 Å². The molecule has 0 aromatic heterocycles. The first-order chi connectivity index (χ1) is 31.0. The van der Waals surface area contributed by atoms with E-state index in [-0.39, 0.29) is 26.1 Å². The van der Waals surface area contributed by atoms with E-state index in [1.165, 1.54) is 109 Å². The average molecular weight is 919 g/mol. The van der Waals surface area contributed by atoms with Crippen LogP contribution in [0, 0.1) is 0 Å². The molecular weight excluding hydrogens is 829 g/mol. The van der Waals surface area contributed by atoms with Crippen LogP contribution in [-0.4, -0.2) is 142 Å². The van der Waals surface area contributed by atoms with Crippen LogP contribution in [0.15, 0.2) is 12.2 Å². The first kappa shape index (κ1) is 58.4. The molecule has 2 rings (SSSR count). The number of aliphatic hydroxyl groups is 7. The predicted molar refractivity (Wildman–Crippen MR) is 243 cm³/mol. The van der Waals surface area contributed by atoms with Crippen LogP contribution in [0.4, 0.5) is 0 Å². The highest BCUT2D eigenvalue weighted by molar-refractivity contribution is 5.70. The Bertz CT molecular complexity index is 1170. The number of carbonyl (C=O) groups is 2. The number of esters is 2. The maximum absolute atomic E-state index is 12.9. The van der Waals surface area contributed by atoms with Crippen molar-refractivity contribution in [2.75, 3.05) is 26.4 Å². The van der Waals surface area contributed by atoms with Gasteiger partial charge in [-0.3, -0.25) is 9.59 Å². The van der Waals surface area contributed by atoms with Crippen LogP contribution in [0.1, 0.15) is 194 Å². The summed E-state index contributed by atoms with van der Waals surface area (Å²) in [6.07, 6.45) is 18.9. The first-order valence-electron chi connectivity index (χ1n) is 25.3. The van der Waals surface area contributed by atoms with E-state index in [1.54, 1.807) is 0 Å². The smallest absolute Gasteiger partial charge is 0.306 e. The van der Waals surface area contributed by atoms with Gasteiger partial charge in [0.05, 0.1) is 19.8 Å². The Hall–Kier alpha value is -1.76. The number of hydrogen-bond acceptors (Lipinski definition) is 15. The molecule has 0 aliphatic carbocycles. The fraction of sp³-hybridized carbons (Fsp3) is 0.918. The van der Waals surface area contributed by atoms with E-state index in [2.05, 4.69) is 26.0 Å². The molecule has 0 bridgehead atoms. The summed E-state index contributed by atoms with van der Waals surface area (Å²) in [5, 5.41) is 71.8. The summed E-state index contributed by atoms with van der Waals surface area (Å²) in [7, 11) is 0. The van der Waals surface area contributed by atoms with Gasteiger partial charge in [0.25, 0.3) is 0 Å². The van der Waals surface area contributed by atoms with Gasteiger partial charge in [0, 0.05) is 12.8 Å². The van der Waals surface area contributed by atoms with Gasteiger partial charge in [0.2, 0.25) is 0 Å². The van der Waals surface area contributed by atoms with Crippen molar-refractivity contribution in [2.45, 2.75) is 261 Å². The van der Waals surface area contributed by atoms with Crippen LogP contribution < -0.4 is 0 Å². The second-order valence-electron chi connectivity index (χ2n) is 18.0. The largest absolute Gasteiger partial charge is 0.462 e. The Balaban J connectivity index is 1.69. The lowest BCUT2D eigenvalue weighted by Gasteiger charge is -2.42. The quantitative estimate of drug-likeness (QED) is 0.0196. The van der Waals surface area contributed by atoms with Gasteiger partial charge in [0.15, 0.2) is 18.7 Å². The van der Waals surface area contributed by atoms with Crippen LogP contribution >= 0.6 is 0 Å². The molecule has 15 nitrogen and oxygen atoms in total. The van der Waals surface area contributed by atoms with Crippen LogP contribution in [0.2, 0.25) is 0 Å². The second kappa shape index (κ2) is 37.2. The fourth-order valence-corrected chi connectivity index (χ4v) is 8.04. The third kappa shape index (κ3) is 25.4. The highest BCUT2D eigenvalue weighted by Gasteiger charge is 2.47. The highest BCUT2D eigenvalue weighted by Crippen LogP contribution is 2.26.